The molecule has 0 aliphatic carbocycles. The van der Waals surface area contributed by atoms with E-state index in [2.05, 4.69) is 39.4 Å². The number of aliphatic imine (C=N–C) groups is 1. The van der Waals surface area contributed by atoms with Gasteiger partial charge in [-0.15, -0.1) is 35.3 Å². The lowest BCUT2D eigenvalue weighted by atomic mass is 10.1. The van der Waals surface area contributed by atoms with Crippen LogP contribution in [-0.4, -0.2) is 49.1 Å². The van der Waals surface area contributed by atoms with Gasteiger partial charge in [-0.1, -0.05) is 6.92 Å². The second kappa shape index (κ2) is 10.4. The van der Waals surface area contributed by atoms with Crippen molar-refractivity contribution in [3.8, 4) is 0 Å². The van der Waals surface area contributed by atoms with E-state index in [1.165, 1.54) is 37.4 Å². The molecule has 0 spiro atoms. The molecule has 1 fully saturated rings. The Kier molecular flexibility index (Phi) is 9.27. The molecule has 1 saturated heterocycles. The van der Waals surface area contributed by atoms with Gasteiger partial charge in [-0.2, -0.15) is 0 Å². The lowest BCUT2D eigenvalue weighted by molar-refractivity contribution is 0.287. The average Bonchev–Trinajstić information content (AvgIpc) is 3.11. The van der Waals surface area contributed by atoms with Crippen LogP contribution in [0.15, 0.2) is 11.2 Å². The highest BCUT2D eigenvalue weighted by molar-refractivity contribution is 14.0. The first-order valence-electron chi connectivity index (χ1n) is 7.75. The van der Waals surface area contributed by atoms with Crippen molar-refractivity contribution in [2.24, 2.45) is 10.9 Å². The first-order chi connectivity index (χ1) is 10.2. The summed E-state index contributed by atoms with van der Waals surface area (Å²) in [7, 11) is 1.81. The zero-order valence-electron chi connectivity index (χ0n) is 13.8. The summed E-state index contributed by atoms with van der Waals surface area (Å²) in [6.07, 6.45) is 4.63. The Morgan fingerprint density at radius 3 is 2.73 bits per heavy atom. The summed E-state index contributed by atoms with van der Waals surface area (Å²) in [5.74, 6) is 1.49. The Balaban J connectivity index is 0.00000242. The molecule has 7 heteroatoms. The molecule has 1 aliphatic rings. The molecule has 1 aromatic rings. The maximum Gasteiger partial charge on any atom is 0.191 e. The fourth-order valence-electron chi connectivity index (χ4n) is 2.60. The largest absolute Gasteiger partial charge is 0.356 e. The predicted octanol–water partition coefficient (Wildman–Crippen LogP) is 2.47. The molecule has 1 aliphatic heterocycles. The minimum atomic E-state index is 0. The van der Waals surface area contributed by atoms with Crippen LogP contribution in [0.4, 0.5) is 0 Å². The summed E-state index contributed by atoms with van der Waals surface area (Å²) in [6.45, 7) is 9.76. The van der Waals surface area contributed by atoms with Gasteiger partial charge >= 0.3 is 0 Å². The van der Waals surface area contributed by atoms with E-state index in [-0.39, 0.29) is 24.0 Å². The SMILES string of the molecule is CN=C(NCc1ncc(C)s1)NCC(C)CN1CCCC1.I. The number of halogens is 1. The van der Waals surface area contributed by atoms with Gasteiger partial charge in [0, 0.05) is 31.2 Å². The average molecular weight is 437 g/mol. The predicted molar refractivity (Wildman–Crippen MR) is 105 cm³/mol. The standard InChI is InChI=1S/C15H27N5S.HI/c1-12(11-20-6-4-5-7-20)8-18-15(16-3)19-10-14-17-9-13(2)21-14;/h9,12H,4-8,10-11H2,1-3H3,(H2,16,18,19);1H. The van der Waals surface area contributed by atoms with E-state index in [9.17, 15) is 0 Å². The van der Waals surface area contributed by atoms with Gasteiger partial charge in [0.05, 0.1) is 6.54 Å². The topological polar surface area (TPSA) is 52.6 Å². The van der Waals surface area contributed by atoms with Crippen molar-refractivity contribution in [2.75, 3.05) is 33.2 Å². The van der Waals surface area contributed by atoms with Crippen LogP contribution in [0, 0.1) is 12.8 Å². The number of likely N-dealkylation sites (tertiary alicyclic amines) is 1. The molecule has 2 N–H and O–H groups in total. The van der Waals surface area contributed by atoms with Crippen LogP contribution >= 0.6 is 35.3 Å². The maximum atomic E-state index is 4.35. The highest BCUT2D eigenvalue weighted by atomic mass is 127. The van der Waals surface area contributed by atoms with Crippen molar-refractivity contribution in [1.29, 1.82) is 0 Å². The van der Waals surface area contributed by atoms with Crippen LogP contribution < -0.4 is 10.6 Å². The molecule has 1 atom stereocenters. The number of guanidine groups is 1. The van der Waals surface area contributed by atoms with Crippen LogP contribution in [0.5, 0.6) is 0 Å². The number of hydrogen-bond acceptors (Lipinski definition) is 4. The van der Waals surface area contributed by atoms with Crippen LogP contribution in [0.25, 0.3) is 0 Å². The summed E-state index contributed by atoms with van der Waals surface area (Å²) in [5.41, 5.74) is 0. The summed E-state index contributed by atoms with van der Waals surface area (Å²) in [4.78, 5) is 12.4. The molecular weight excluding hydrogens is 409 g/mol. The lowest BCUT2D eigenvalue weighted by Crippen LogP contribution is -2.41. The third kappa shape index (κ3) is 6.78. The second-order valence-corrected chi connectivity index (χ2v) is 7.10. The van der Waals surface area contributed by atoms with E-state index in [1.807, 2.05) is 13.2 Å². The van der Waals surface area contributed by atoms with Crippen LogP contribution in [0.1, 0.15) is 29.7 Å². The highest BCUT2D eigenvalue weighted by Crippen LogP contribution is 2.11. The first kappa shape index (κ1) is 19.6. The summed E-state index contributed by atoms with van der Waals surface area (Å²) < 4.78 is 0. The van der Waals surface area contributed by atoms with Crippen molar-refractivity contribution in [1.82, 2.24) is 20.5 Å². The highest BCUT2D eigenvalue weighted by Gasteiger charge is 2.14. The Bertz CT molecular complexity index is 457. The Labute approximate surface area is 155 Å². The monoisotopic (exact) mass is 437 g/mol. The van der Waals surface area contributed by atoms with Gasteiger partial charge in [0.2, 0.25) is 0 Å². The van der Waals surface area contributed by atoms with Crippen LogP contribution in [-0.2, 0) is 6.54 Å². The molecule has 0 aromatic carbocycles. The second-order valence-electron chi connectivity index (χ2n) is 5.78. The number of aryl methyl sites for hydroxylation is 1. The molecule has 5 nitrogen and oxygen atoms in total. The quantitative estimate of drug-likeness (QED) is 0.408. The first-order valence-corrected chi connectivity index (χ1v) is 8.57. The van der Waals surface area contributed by atoms with Crippen molar-refractivity contribution in [3.05, 3.63) is 16.1 Å². The Morgan fingerprint density at radius 2 is 2.14 bits per heavy atom. The Hall–Kier alpha value is -0.410. The molecule has 1 aromatic heterocycles. The zero-order valence-corrected chi connectivity index (χ0v) is 16.9. The smallest absolute Gasteiger partial charge is 0.191 e. The maximum absolute atomic E-state index is 4.35. The van der Waals surface area contributed by atoms with Gasteiger partial charge < -0.3 is 15.5 Å². The fraction of sp³-hybridized carbons (Fsp3) is 0.733. The van der Waals surface area contributed by atoms with Crippen molar-refractivity contribution in [2.45, 2.75) is 33.2 Å². The molecule has 0 radical (unpaired) electrons. The Morgan fingerprint density at radius 1 is 1.41 bits per heavy atom. The van der Waals surface area contributed by atoms with Gasteiger partial charge in [0.15, 0.2) is 5.96 Å². The normalized spacial score (nSPS) is 17.1. The number of nitrogens with zero attached hydrogens (tertiary/aromatic N) is 3. The summed E-state index contributed by atoms with van der Waals surface area (Å²) in [6, 6.07) is 0. The molecule has 0 saturated carbocycles. The number of rotatable bonds is 6. The van der Waals surface area contributed by atoms with E-state index in [1.54, 1.807) is 11.3 Å². The lowest BCUT2D eigenvalue weighted by Gasteiger charge is -2.21. The van der Waals surface area contributed by atoms with Crippen LogP contribution in [0.3, 0.4) is 0 Å². The zero-order chi connectivity index (χ0) is 15.1. The van der Waals surface area contributed by atoms with Gasteiger partial charge in [-0.3, -0.25) is 4.99 Å². The van der Waals surface area contributed by atoms with E-state index in [0.717, 1.165) is 24.1 Å². The molecule has 0 bridgehead atoms. The van der Waals surface area contributed by atoms with Gasteiger partial charge in [0.1, 0.15) is 5.01 Å². The van der Waals surface area contributed by atoms with Gasteiger partial charge in [0.25, 0.3) is 0 Å². The molecule has 2 heterocycles. The number of thiazole rings is 1. The van der Waals surface area contributed by atoms with E-state index in [4.69, 9.17) is 0 Å². The van der Waals surface area contributed by atoms with Gasteiger partial charge in [-0.25, -0.2) is 4.98 Å². The fourth-order valence-corrected chi connectivity index (χ4v) is 3.33. The van der Waals surface area contributed by atoms with Crippen LogP contribution in [0.2, 0.25) is 0 Å². The summed E-state index contributed by atoms with van der Waals surface area (Å²) >= 11 is 1.72. The number of aromatic nitrogens is 1. The minimum absolute atomic E-state index is 0. The third-order valence-electron chi connectivity index (χ3n) is 3.69. The van der Waals surface area contributed by atoms with Crippen molar-refractivity contribution < 1.29 is 0 Å². The molecule has 1 unspecified atom stereocenters. The molecule has 22 heavy (non-hydrogen) atoms. The van der Waals surface area contributed by atoms with Crippen molar-refractivity contribution in [3.63, 3.8) is 0 Å². The molecule has 0 amide bonds. The van der Waals surface area contributed by atoms with Crippen molar-refractivity contribution >= 4 is 41.3 Å². The molecule has 126 valence electrons. The number of nitrogens with one attached hydrogen (secondary N) is 2. The third-order valence-corrected chi connectivity index (χ3v) is 4.60. The van der Waals surface area contributed by atoms with E-state index in [0.29, 0.717) is 5.92 Å². The number of hydrogen-bond donors (Lipinski definition) is 2. The summed E-state index contributed by atoms with van der Waals surface area (Å²) in [5, 5.41) is 7.83. The van der Waals surface area contributed by atoms with E-state index >= 15 is 0 Å². The van der Waals surface area contributed by atoms with Gasteiger partial charge in [-0.05, 0) is 38.8 Å². The molecule has 2 rings (SSSR count). The molecular formula is C15H28IN5S. The van der Waals surface area contributed by atoms with E-state index < -0.39 is 0 Å². The minimum Gasteiger partial charge on any atom is -0.356 e.